The van der Waals surface area contributed by atoms with Gasteiger partial charge in [-0.3, -0.25) is 9.69 Å². The molecule has 1 aliphatic heterocycles. The first kappa shape index (κ1) is 16.4. The Balaban J connectivity index is 2.03. The van der Waals surface area contributed by atoms with Crippen molar-refractivity contribution in [3.05, 3.63) is 23.7 Å². The average molecular weight is 312 g/mol. The van der Waals surface area contributed by atoms with E-state index in [9.17, 15) is 4.79 Å². The van der Waals surface area contributed by atoms with Gasteiger partial charge in [-0.2, -0.15) is 11.8 Å². The first-order valence-corrected chi connectivity index (χ1v) is 8.59. The Hall–Kier alpha value is -0.980. The van der Waals surface area contributed by atoms with E-state index in [2.05, 4.69) is 10.2 Å². The molecule has 0 radical (unpaired) electrons. The first-order valence-electron chi connectivity index (χ1n) is 7.30. The Morgan fingerprint density at radius 2 is 2.14 bits per heavy atom. The van der Waals surface area contributed by atoms with Crippen molar-refractivity contribution in [3.63, 3.8) is 0 Å². The molecule has 6 heteroatoms. The second kappa shape index (κ2) is 7.87. The number of morpholine rings is 1. The second-order valence-corrected chi connectivity index (χ2v) is 6.41. The predicted molar refractivity (Wildman–Crippen MR) is 84.6 cm³/mol. The summed E-state index contributed by atoms with van der Waals surface area (Å²) in [6, 6.07) is 4.04. The van der Waals surface area contributed by atoms with Gasteiger partial charge in [0.15, 0.2) is 0 Å². The third-order valence-electron chi connectivity index (χ3n) is 3.77. The summed E-state index contributed by atoms with van der Waals surface area (Å²) in [5, 5.41) is 3.00. The highest BCUT2D eigenvalue weighted by Gasteiger charge is 2.26. The van der Waals surface area contributed by atoms with Gasteiger partial charge in [-0.05, 0) is 32.2 Å². The van der Waals surface area contributed by atoms with E-state index >= 15 is 0 Å². The SMILES string of the molecule is CSC(C)C(=O)NCC(c1ccc(C)o1)N1CCOCC1. The molecule has 21 heavy (non-hydrogen) atoms. The molecule has 1 aromatic heterocycles. The maximum atomic E-state index is 12.0. The second-order valence-electron chi connectivity index (χ2n) is 5.24. The third kappa shape index (κ3) is 4.49. The Kier molecular flexibility index (Phi) is 6.14. The maximum Gasteiger partial charge on any atom is 0.232 e. The van der Waals surface area contributed by atoms with E-state index in [1.807, 2.05) is 32.2 Å². The standard InChI is InChI=1S/C15H24N2O3S/c1-11-4-5-14(20-11)13(17-6-8-19-9-7-17)10-16-15(18)12(2)21-3/h4-5,12-13H,6-10H2,1-3H3,(H,16,18). The van der Waals surface area contributed by atoms with Gasteiger partial charge >= 0.3 is 0 Å². The summed E-state index contributed by atoms with van der Waals surface area (Å²) < 4.78 is 11.2. The number of carbonyl (C=O) groups excluding carboxylic acids is 1. The molecule has 0 spiro atoms. The topological polar surface area (TPSA) is 54.7 Å². The number of ether oxygens (including phenoxy) is 1. The van der Waals surface area contributed by atoms with Crippen molar-refractivity contribution in [2.24, 2.45) is 0 Å². The molecule has 1 aromatic rings. The summed E-state index contributed by atoms with van der Waals surface area (Å²) in [5.74, 6) is 1.88. The number of rotatable bonds is 6. The number of hydrogen-bond donors (Lipinski definition) is 1. The van der Waals surface area contributed by atoms with Crippen molar-refractivity contribution < 1.29 is 13.9 Å². The largest absolute Gasteiger partial charge is 0.465 e. The van der Waals surface area contributed by atoms with Crippen LogP contribution in [0.3, 0.4) is 0 Å². The van der Waals surface area contributed by atoms with E-state index in [0.29, 0.717) is 6.54 Å². The van der Waals surface area contributed by atoms with Gasteiger partial charge in [0.25, 0.3) is 0 Å². The Bertz CT molecular complexity index is 458. The number of hydrogen-bond acceptors (Lipinski definition) is 5. The van der Waals surface area contributed by atoms with Crippen molar-refractivity contribution in [1.29, 1.82) is 0 Å². The lowest BCUT2D eigenvalue weighted by Crippen LogP contribution is -2.44. The predicted octanol–water partition coefficient (Wildman–Crippen LogP) is 1.83. The summed E-state index contributed by atoms with van der Waals surface area (Å²) in [4.78, 5) is 14.3. The molecular formula is C15H24N2O3S. The lowest BCUT2D eigenvalue weighted by molar-refractivity contribution is -0.120. The molecule has 2 heterocycles. The molecule has 0 saturated carbocycles. The summed E-state index contributed by atoms with van der Waals surface area (Å²) >= 11 is 1.55. The van der Waals surface area contributed by atoms with Gasteiger partial charge < -0.3 is 14.5 Å². The number of thioether (sulfide) groups is 1. The molecule has 0 aliphatic carbocycles. The zero-order valence-electron chi connectivity index (χ0n) is 12.9. The van der Waals surface area contributed by atoms with Crippen LogP contribution in [0.25, 0.3) is 0 Å². The molecule has 118 valence electrons. The normalized spacial score (nSPS) is 19.2. The van der Waals surface area contributed by atoms with Crippen LogP contribution in [0.5, 0.6) is 0 Å². The van der Waals surface area contributed by atoms with Gasteiger partial charge in [-0.1, -0.05) is 0 Å². The minimum absolute atomic E-state index is 0.0336. The van der Waals surface area contributed by atoms with E-state index in [1.165, 1.54) is 0 Å². The number of carbonyl (C=O) groups is 1. The third-order valence-corrected chi connectivity index (χ3v) is 4.69. The molecule has 1 amide bonds. The number of amides is 1. The van der Waals surface area contributed by atoms with E-state index in [0.717, 1.165) is 37.8 Å². The molecule has 1 N–H and O–H groups in total. The van der Waals surface area contributed by atoms with Crippen LogP contribution in [0.15, 0.2) is 16.5 Å². The Labute approximate surface area is 130 Å². The van der Waals surface area contributed by atoms with Crippen LogP contribution >= 0.6 is 11.8 Å². The summed E-state index contributed by atoms with van der Waals surface area (Å²) in [5.41, 5.74) is 0. The van der Waals surface area contributed by atoms with E-state index in [-0.39, 0.29) is 17.2 Å². The quantitative estimate of drug-likeness (QED) is 0.868. The smallest absolute Gasteiger partial charge is 0.232 e. The van der Waals surface area contributed by atoms with Crippen LogP contribution in [0.2, 0.25) is 0 Å². The van der Waals surface area contributed by atoms with Gasteiger partial charge in [-0.15, -0.1) is 0 Å². The summed E-state index contributed by atoms with van der Waals surface area (Å²) in [7, 11) is 0. The molecule has 1 fully saturated rings. The average Bonchev–Trinajstić information content (AvgIpc) is 2.93. The highest BCUT2D eigenvalue weighted by molar-refractivity contribution is 7.99. The highest BCUT2D eigenvalue weighted by atomic mass is 32.2. The van der Waals surface area contributed by atoms with Crippen molar-refractivity contribution in [3.8, 4) is 0 Å². The molecule has 1 aliphatic rings. The lowest BCUT2D eigenvalue weighted by atomic mass is 10.1. The summed E-state index contributed by atoms with van der Waals surface area (Å²) in [6.45, 7) is 7.60. The Morgan fingerprint density at radius 3 is 2.71 bits per heavy atom. The van der Waals surface area contributed by atoms with Crippen LogP contribution in [-0.2, 0) is 9.53 Å². The zero-order chi connectivity index (χ0) is 15.2. The fraction of sp³-hybridized carbons (Fsp3) is 0.667. The van der Waals surface area contributed by atoms with Crippen LogP contribution in [0.1, 0.15) is 24.5 Å². The van der Waals surface area contributed by atoms with E-state index < -0.39 is 0 Å². The monoisotopic (exact) mass is 312 g/mol. The minimum Gasteiger partial charge on any atom is -0.465 e. The number of nitrogens with zero attached hydrogens (tertiary/aromatic N) is 1. The van der Waals surface area contributed by atoms with Gasteiger partial charge in [0.2, 0.25) is 5.91 Å². The zero-order valence-corrected chi connectivity index (χ0v) is 13.7. The fourth-order valence-corrected chi connectivity index (χ4v) is 2.68. The van der Waals surface area contributed by atoms with Crippen LogP contribution in [-0.4, -0.2) is 55.2 Å². The van der Waals surface area contributed by atoms with Crippen LogP contribution < -0.4 is 5.32 Å². The molecule has 2 rings (SSSR count). The van der Waals surface area contributed by atoms with Crippen molar-refractivity contribution >= 4 is 17.7 Å². The number of furan rings is 1. The van der Waals surface area contributed by atoms with Gasteiger partial charge in [0.1, 0.15) is 11.5 Å². The molecule has 0 aromatic carbocycles. The van der Waals surface area contributed by atoms with E-state index in [4.69, 9.17) is 9.15 Å². The van der Waals surface area contributed by atoms with Gasteiger partial charge in [0, 0.05) is 19.6 Å². The van der Waals surface area contributed by atoms with Crippen molar-refractivity contribution in [2.45, 2.75) is 25.1 Å². The fourth-order valence-electron chi connectivity index (χ4n) is 2.38. The highest BCUT2D eigenvalue weighted by Crippen LogP contribution is 2.23. The van der Waals surface area contributed by atoms with Gasteiger partial charge in [-0.25, -0.2) is 0 Å². The lowest BCUT2D eigenvalue weighted by Gasteiger charge is -2.33. The minimum atomic E-state index is -0.0336. The van der Waals surface area contributed by atoms with Gasteiger partial charge in [0.05, 0.1) is 24.5 Å². The molecular weight excluding hydrogens is 288 g/mol. The van der Waals surface area contributed by atoms with Crippen molar-refractivity contribution in [1.82, 2.24) is 10.2 Å². The molecule has 5 nitrogen and oxygen atoms in total. The molecule has 2 atom stereocenters. The molecule has 1 saturated heterocycles. The maximum absolute atomic E-state index is 12.0. The van der Waals surface area contributed by atoms with E-state index in [1.54, 1.807) is 11.8 Å². The molecule has 0 bridgehead atoms. The number of aryl methyl sites for hydroxylation is 1. The van der Waals surface area contributed by atoms with Crippen LogP contribution in [0, 0.1) is 6.92 Å². The first-order chi connectivity index (χ1) is 10.1. The van der Waals surface area contributed by atoms with Crippen molar-refractivity contribution in [2.75, 3.05) is 39.1 Å². The Morgan fingerprint density at radius 1 is 1.43 bits per heavy atom. The number of nitrogens with one attached hydrogen (secondary N) is 1. The summed E-state index contributed by atoms with van der Waals surface area (Å²) in [6.07, 6.45) is 1.94. The molecule has 2 unspecified atom stereocenters. The van der Waals surface area contributed by atoms with Crippen LogP contribution in [0.4, 0.5) is 0 Å².